The second kappa shape index (κ2) is 6.87. The number of carbonyl (C=O) groups excluding carboxylic acids is 1. The van der Waals surface area contributed by atoms with Crippen LogP contribution in [0.2, 0.25) is 0 Å². The summed E-state index contributed by atoms with van der Waals surface area (Å²) in [7, 11) is -0.867. The molecule has 2 rings (SSSR count). The standard InChI is InChI=1S/C13H25N3O3S/c1-16-5-2-3-11(9-16)8-15-13(17)7-12-10-20(18,19)6-4-14-12/h11-12,14H,2-10H2,1H3,(H,15,17). The van der Waals surface area contributed by atoms with Gasteiger partial charge in [-0.2, -0.15) is 0 Å². The highest BCUT2D eigenvalue weighted by atomic mass is 32.2. The zero-order chi connectivity index (χ0) is 14.6. The first-order chi connectivity index (χ1) is 9.44. The SMILES string of the molecule is CN1CCCC(CNC(=O)CC2CS(=O)(=O)CCN2)C1. The normalized spacial score (nSPS) is 30.9. The molecule has 2 unspecified atom stereocenters. The fourth-order valence-corrected chi connectivity index (χ4v) is 4.44. The van der Waals surface area contributed by atoms with Gasteiger partial charge in [-0.1, -0.05) is 0 Å². The molecule has 2 atom stereocenters. The molecule has 2 aliphatic rings. The predicted molar refractivity (Wildman–Crippen MR) is 78.3 cm³/mol. The maximum Gasteiger partial charge on any atom is 0.221 e. The highest BCUT2D eigenvalue weighted by Crippen LogP contribution is 2.14. The van der Waals surface area contributed by atoms with Crippen LogP contribution in [0.15, 0.2) is 0 Å². The molecule has 2 N–H and O–H groups in total. The number of nitrogens with one attached hydrogen (secondary N) is 2. The lowest BCUT2D eigenvalue weighted by atomic mass is 9.98. The van der Waals surface area contributed by atoms with Gasteiger partial charge in [-0.3, -0.25) is 4.79 Å². The average Bonchev–Trinajstić information content (AvgIpc) is 2.35. The Labute approximate surface area is 121 Å². The van der Waals surface area contributed by atoms with Crippen molar-refractivity contribution in [3.05, 3.63) is 0 Å². The molecule has 1 amide bonds. The molecule has 2 fully saturated rings. The van der Waals surface area contributed by atoms with Crippen LogP contribution >= 0.6 is 0 Å². The zero-order valence-corrected chi connectivity index (χ0v) is 12.9. The third-order valence-electron chi connectivity index (χ3n) is 4.04. The molecule has 0 bridgehead atoms. The molecule has 7 heteroatoms. The number of sulfone groups is 1. The van der Waals surface area contributed by atoms with Gasteiger partial charge >= 0.3 is 0 Å². The molecule has 0 spiro atoms. The highest BCUT2D eigenvalue weighted by molar-refractivity contribution is 7.91. The van der Waals surface area contributed by atoms with Crippen molar-refractivity contribution in [1.82, 2.24) is 15.5 Å². The summed E-state index contributed by atoms with van der Waals surface area (Å²) in [4.78, 5) is 14.2. The number of piperidine rings is 1. The minimum absolute atomic E-state index is 0.0483. The summed E-state index contributed by atoms with van der Waals surface area (Å²) in [6.45, 7) is 3.31. The second-order valence-electron chi connectivity index (χ2n) is 6.04. The van der Waals surface area contributed by atoms with Gasteiger partial charge in [0.25, 0.3) is 0 Å². The van der Waals surface area contributed by atoms with E-state index in [-0.39, 0.29) is 29.9 Å². The van der Waals surface area contributed by atoms with Gasteiger partial charge in [0, 0.05) is 32.1 Å². The Morgan fingerprint density at radius 2 is 2.25 bits per heavy atom. The van der Waals surface area contributed by atoms with Crippen molar-refractivity contribution < 1.29 is 13.2 Å². The van der Waals surface area contributed by atoms with Crippen LogP contribution < -0.4 is 10.6 Å². The quantitative estimate of drug-likeness (QED) is 0.712. The van der Waals surface area contributed by atoms with Gasteiger partial charge in [0.1, 0.15) is 0 Å². The molecule has 0 radical (unpaired) electrons. The first kappa shape index (κ1) is 15.7. The number of likely N-dealkylation sites (tertiary alicyclic amines) is 1. The van der Waals surface area contributed by atoms with Crippen LogP contribution in [0.5, 0.6) is 0 Å². The van der Waals surface area contributed by atoms with Crippen molar-refractivity contribution >= 4 is 15.7 Å². The lowest BCUT2D eigenvalue weighted by Gasteiger charge is -2.30. The monoisotopic (exact) mass is 303 g/mol. The summed E-state index contributed by atoms with van der Waals surface area (Å²) in [6, 6.07) is -0.234. The van der Waals surface area contributed by atoms with E-state index in [1.165, 1.54) is 6.42 Å². The lowest BCUT2D eigenvalue weighted by Crippen LogP contribution is -2.48. The van der Waals surface area contributed by atoms with Crippen molar-refractivity contribution in [2.45, 2.75) is 25.3 Å². The summed E-state index contributed by atoms with van der Waals surface area (Å²) in [5, 5.41) is 6.05. The first-order valence-electron chi connectivity index (χ1n) is 7.34. The Bertz CT molecular complexity index is 438. The van der Waals surface area contributed by atoms with Crippen molar-refractivity contribution in [2.24, 2.45) is 5.92 Å². The number of hydrogen-bond acceptors (Lipinski definition) is 5. The molecule has 0 aromatic rings. The van der Waals surface area contributed by atoms with Gasteiger partial charge in [0.05, 0.1) is 11.5 Å². The summed E-state index contributed by atoms with van der Waals surface area (Å²) in [5.74, 6) is 0.722. The lowest BCUT2D eigenvalue weighted by molar-refractivity contribution is -0.121. The molecule has 0 aromatic heterocycles. The van der Waals surface area contributed by atoms with Crippen molar-refractivity contribution in [2.75, 3.05) is 44.7 Å². The Kier molecular flexibility index (Phi) is 5.40. The molecule has 0 saturated carbocycles. The molecule has 2 aliphatic heterocycles. The van der Waals surface area contributed by atoms with Gasteiger partial charge in [0.2, 0.25) is 5.91 Å². The van der Waals surface area contributed by atoms with Gasteiger partial charge in [-0.05, 0) is 32.4 Å². The van der Waals surface area contributed by atoms with Crippen LogP contribution in [0.3, 0.4) is 0 Å². The topological polar surface area (TPSA) is 78.5 Å². The molecular weight excluding hydrogens is 278 g/mol. The number of hydrogen-bond donors (Lipinski definition) is 2. The molecule has 116 valence electrons. The van der Waals surface area contributed by atoms with Crippen LogP contribution in [0, 0.1) is 5.92 Å². The number of rotatable bonds is 4. The largest absolute Gasteiger partial charge is 0.356 e. The number of amides is 1. The van der Waals surface area contributed by atoms with E-state index in [4.69, 9.17) is 0 Å². The average molecular weight is 303 g/mol. The summed E-state index contributed by atoms with van der Waals surface area (Å²) < 4.78 is 23.0. The van der Waals surface area contributed by atoms with Crippen LogP contribution in [0.4, 0.5) is 0 Å². The molecule has 20 heavy (non-hydrogen) atoms. The van der Waals surface area contributed by atoms with Gasteiger partial charge < -0.3 is 15.5 Å². The Morgan fingerprint density at radius 1 is 1.45 bits per heavy atom. The third kappa shape index (κ3) is 5.03. The first-order valence-corrected chi connectivity index (χ1v) is 9.16. The molecule has 6 nitrogen and oxygen atoms in total. The second-order valence-corrected chi connectivity index (χ2v) is 8.27. The van der Waals surface area contributed by atoms with Crippen LogP contribution in [-0.4, -0.2) is 70.0 Å². The third-order valence-corrected chi connectivity index (χ3v) is 5.78. The van der Waals surface area contributed by atoms with E-state index in [1.54, 1.807) is 0 Å². The predicted octanol–water partition coefficient (Wildman–Crippen LogP) is -0.779. The molecular formula is C13H25N3O3S. The van der Waals surface area contributed by atoms with E-state index in [9.17, 15) is 13.2 Å². The molecule has 2 saturated heterocycles. The van der Waals surface area contributed by atoms with Crippen molar-refractivity contribution in [1.29, 1.82) is 0 Å². The maximum absolute atomic E-state index is 11.9. The minimum atomic E-state index is -2.97. The van der Waals surface area contributed by atoms with E-state index >= 15 is 0 Å². The van der Waals surface area contributed by atoms with Gasteiger partial charge in [-0.25, -0.2) is 8.42 Å². The van der Waals surface area contributed by atoms with Crippen molar-refractivity contribution in [3.8, 4) is 0 Å². The minimum Gasteiger partial charge on any atom is -0.356 e. The van der Waals surface area contributed by atoms with Crippen LogP contribution in [0.1, 0.15) is 19.3 Å². The summed E-state index contributed by atoms with van der Waals surface area (Å²) >= 11 is 0. The Hall–Kier alpha value is -0.660. The van der Waals surface area contributed by atoms with E-state index in [2.05, 4.69) is 22.6 Å². The van der Waals surface area contributed by atoms with Gasteiger partial charge in [0.15, 0.2) is 9.84 Å². The van der Waals surface area contributed by atoms with E-state index in [0.717, 1.165) is 19.5 Å². The Morgan fingerprint density at radius 3 is 2.95 bits per heavy atom. The van der Waals surface area contributed by atoms with E-state index in [1.807, 2.05) is 0 Å². The molecule has 2 heterocycles. The van der Waals surface area contributed by atoms with Crippen molar-refractivity contribution in [3.63, 3.8) is 0 Å². The maximum atomic E-state index is 11.9. The van der Waals surface area contributed by atoms with E-state index < -0.39 is 9.84 Å². The summed E-state index contributed by atoms with van der Waals surface area (Å²) in [5.41, 5.74) is 0. The smallest absolute Gasteiger partial charge is 0.221 e. The fraction of sp³-hybridized carbons (Fsp3) is 0.923. The van der Waals surface area contributed by atoms with Crippen LogP contribution in [0.25, 0.3) is 0 Å². The Balaban J connectivity index is 1.70. The summed E-state index contributed by atoms with van der Waals surface area (Å²) in [6.07, 6.45) is 2.59. The van der Waals surface area contributed by atoms with E-state index in [0.29, 0.717) is 19.0 Å². The molecule has 0 aliphatic carbocycles. The number of nitrogens with zero attached hydrogens (tertiary/aromatic N) is 1. The van der Waals surface area contributed by atoms with Gasteiger partial charge in [-0.15, -0.1) is 0 Å². The highest BCUT2D eigenvalue weighted by Gasteiger charge is 2.26. The zero-order valence-electron chi connectivity index (χ0n) is 12.1. The number of carbonyl (C=O) groups is 1. The fourth-order valence-electron chi connectivity index (χ4n) is 2.99. The molecule has 0 aromatic carbocycles. The van der Waals surface area contributed by atoms with Crippen LogP contribution in [-0.2, 0) is 14.6 Å².